The van der Waals surface area contributed by atoms with Crippen LogP contribution in [0.4, 0.5) is 0 Å². The van der Waals surface area contributed by atoms with Crippen molar-refractivity contribution in [1.82, 2.24) is 9.47 Å². The van der Waals surface area contributed by atoms with Gasteiger partial charge in [0.05, 0.1) is 11.3 Å². The summed E-state index contributed by atoms with van der Waals surface area (Å²) in [5, 5.41) is 0. The van der Waals surface area contributed by atoms with Gasteiger partial charge >= 0.3 is 0 Å². The lowest BCUT2D eigenvalue weighted by molar-refractivity contribution is -0.114. The minimum absolute atomic E-state index is 0.0747. The number of carbonyl (C=O) groups is 1. The molecule has 7 nitrogen and oxygen atoms in total. The zero-order valence-electron chi connectivity index (χ0n) is 15.9. The molecule has 0 atom stereocenters. The number of aryl methyl sites for hydroxylation is 1. The van der Waals surface area contributed by atoms with Crippen LogP contribution in [0.15, 0.2) is 82.0 Å². The van der Waals surface area contributed by atoms with Gasteiger partial charge in [-0.05, 0) is 36.8 Å². The summed E-state index contributed by atoms with van der Waals surface area (Å²) >= 11 is 0. The molecule has 2 aromatic rings. The lowest BCUT2D eigenvalue weighted by Crippen LogP contribution is -2.37. The van der Waals surface area contributed by atoms with E-state index < -0.39 is 15.9 Å². The molecular weight excluding hydrogens is 388 g/mol. The van der Waals surface area contributed by atoms with Crippen molar-refractivity contribution < 1.29 is 13.2 Å². The molecule has 0 fully saturated rings. The molecule has 0 saturated carbocycles. The maximum atomic E-state index is 12.7. The zero-order chi connectivity index (χ0) is 20.4. The number of rotatable bonds is 3. The Kier molecular flexibility index (Phi) is 5.02. The molecule has 2 aliphatic heterocycles. The van der Waals surface area contributed by atoms with E-state index in [-0.39, 0.29) is 12.3 Å². The molecule has 0 saturated heterocycles. The Morgan fingerprint density at radius 2 is 1.93 bits per heavy atom. The average molecular weight is 408 g/mol. The van der Waals surface area contributed by atoms with E-state index in [2.05, 4.69) is 33.7 Å². The predicted molar refractivity (Wildman–Crippen MR) is 110 cm³/mol. The fraction of sp³-hybridized carbons (Fsp3) is 0.190. The average Bonchev–Trinajstić information content (AvgIpc) is 2.70. The van der Waals surface area contributed by atoms with E-state index >= 15 is 0 Å². The summed E-state index contributed by atoms with van der Waals surface area (Å²) < 4.78 is 28.9. The highest BCUT2D eigenvalue weighted by Gasteiger charge is 2.24. The minimum atomic E-state index is -3.42. The Morgan fingerprint density at radius 3 is 2.72 bits per heavy atom. The highest BCUT2D eigenvalue weighted by molar-refractivity contribution is 7.90. The Bertz CT molecular complexity index is 1220. The molecule has 0 aliphatic carbocycles. The molecule has 0 spiro atoms. The number of hydrogen-bond donors (Lipinski definition) is 0. The van der Waals surface area contributed by atoms with Crippen LogP contribution >= 0.6 is 0 Å². The van der Waals surface area contributed by atoms with Gasteiger partial charge in [-0.1, -0.05) is 35.9 Å². The van der Waals surface area contributed by atoms with Crippen LogP contribution < -0.4 is 5.49 Å². The summed E-state index contributed by atoms with van der Waals surface area (Å²) in [5.41, 5.74) is 3.24. The van der Waals surface area contributed by atoms with E-state index in [9.17, 15) is 13.2 Å². The molecular formula is C21H20N4O3S. The van der Waals surface area contributed by atoms with E-state index in [0.717, 1.165) is 5.56 Å². The van der Waals surface area contributed by atoms with Crippen LogP contribution in [0.1, 0.15) is 11.1 Å². The van der Waals surface area contributed by atoms with Crippen molar-refractivity contribution in [2.75, 3.05) is 12.3 Å². The Balaban J connectivity index is 1.61. The third-order valence-corrected chi connectivity index (χ3v) is 5.84. The molecule has 148 valence electrons. The molecule has 3 heterocycles. The van der Waals surface area contributed by atoms with Crippen molar-refractivity contribution in [3.05, 3.63) is 89.2 Å². The maximum Gasteiger partial charge on any atom is 0.280 e. The number of pyridine rings is 1. The first-order valence-corrected chi connectivity index (χ1v) is 10.8. The molecule has 1 aromatic carbocycles. The zero-order valence-corrected chi connectivity index (χ0v) is 16.7. The topological polar surface area (TPSA) is 84.1 Å². The minimum Gasteiger partial charge on any atom is -0.330 e. The standard InChI is InChI=1S/C21H20N4O3S/c1-16-5-7-17(8-6-16)14-24-11-3-2-4-19(24)22-21(26)18-9-10-20-23-29(27,28)13-12-25(20)15-18/h2-11,15H,12-14H2,1H3. The number of hydrogen-bond acceptors (Lipinski definition) is 4. The SMILES string of the molecule is Cc1ccc(Cn2ccccc2=NC(=O)C2=CN3CCS(=O)(=O)N=C3C=C2)cc1. The van der Waals surface area contributed by atoms with Crippen LogP contribution in [0, 0.1) is 6.92 Å². The van der Waals surface area contributed by atoms with Crippen molar-refractivity contribution in [2.45, 2.75) is 13.5 Å². The Labute approximate surface area is 169 Å². The van der Waals surface area contributed by atoms with Gasteiger partial charge in [0.15, 0.2) is 0 Å². The number of aromatic nitrogens is 1. The van der Waals surface area contributed by atoms with Gasteiger partial charge in [-0.3, -0.25) is 4.79 Å². The first kappa shape index (κ1) is 19.1. The van der Waals surface area contributed by atoms with Crippen LogP contribution in [0.2, 0.25) is 0 Å². The number of benzene rings is 1. The second-order valence-corrected chi connectivity index (χ2v) is 8.69. The van der Waals surface area contributed by atoms with Gasteiger partial charge < -0.3 is 9.47 Å². The normalized spacial score (nSPS) is 18.1. The summed E-state index contributed by atoms with van der Waals surface area (Å²) in [4.78, 5) is 18.7. The molecule has 0 radical (unpaired) electrons. The maximum absolute atomic E-state index is 12.7. The van der Waals surface area contributed by atoms with Crippen LogP contribution in [-0.2, 0) is 21.4 Å². The fourth-order valence-corrected chi connectivity index (χ4v) is 4.06. The third kappa shape index (κ3) is 4.43. The predicted octanol–water partition coefficient (Wildman–Crippen LogP) is 1.77. The molecule has 1 amide bonds. The van der Waals surface area contributed by atoms with E-state index in [4.69, 9.17) is 0 Å². The molecule has 0 unspecified atom stereocenters. The van der Waals surface area contributed by atoms with Crippen molar-refractivity contribution in [3.8, 4) is 0 Å². The van der Waals surface area contributed by atoms with Gasteiger partial charge in [0.1, 0.15) is 11.3 Å². The van der Waals surface area contributed by atoms with Gasteiger partial charge in [0.2, 0.25) is 0 Å². The highest BCUT2D eigenvalue weighted by Crippen LogP contribution is 2.16. The molecule has 8 heteroatoms. The largest absolute Gasteiger partial charge is 0.330 e. The van der Waals surface area contributed by atoms with Crippen molar-refractivity contribution in [1.29, 1.82) is 0 Å². The van der Waals surface area contributed by atoms with Crippen molar-refractivity contribution in [2.24, 2.45) is 9.39 Å². The number of amidine groups is 1. The summed E-state index contributed by atoms with van der Waals surface area (Å²) in [6.45, 7) is 2.90. The van der Waals surface area contributed by atoms with E-state index in [1.54, 1.807) is 23.2 Å². The lowest BCUT2D eigenvalue weighted by Gasteiger charge is -2.26. The van der Waals surface area contributed by atoms with Crippen LogP contribution in [0.3, 0.4) is 0 Å². The van der Waals surface area contributed by atoms with Gasteiger partial charge in [-0.2, -0.15) is 4.99 Å². The molecule has 1 aromatic heterocycles. The fourth-order valence-electron chi connectivity index (χ4n) is 3.09. The quantitative estimate of drug-likeness (QED) is 0.775. The third-order valence-electron chi connectivity index (χ3n) is 4.68. The summed E-state index contributed by atoms with van der Waals surface area (Å²) in [6.07, 6.45) is 6.57. The number of fused-ring (bicyclic) bond motifs is 1. The second kappa shape index (κ2) is 7.63. The summed E-state index contributed by atoms with van der Waals surface area (Å²) in [6, 6.07) is 13.7. The molecule has 0 N–H and O–H groups in total. The van der Waals surface area contributed by atoms with Gasteiger partial charge in [-0.15, -0.1) is 4.40 Å². The van der Waals surface area contributed by atoms with Gasteiger partial charge in [-0.25, -0.2) is 8.42 Å². The molecule has 29 heavy (non-hydrogen) atoms. The smallest absolute Gasteiger partial charge is 0.280 e. The molecule has 4 rings (SSSR count). The van der Waals surface area contributed by atoms with Crippen molar-refractivity contribution >= 4 is 21.8 Å². The first-order chi connectivity index (χ1) is 13.9. The highest BCUT2D eigenvalue weighted by atomic mass is 32.2. The molecule has 0 bridgehead atoms. The van der Waals surface area contributed by atoms with Gasteiger partial charge in [0, 0.05) is 25.5 Å². The molecule has 2 aliphatic rings. The monoisotopic (exact) mass is 408 g/mol. The second-order valence-electron chi connectivity index (χ2n) is 6.94. The lowest BCUT2D eigenvalue weighted by atomic mass is 10.1. The van der Waals surface area contributed by atoms with Crippen molar-refractivity contribution in [3.63, 3.8) is 0 Å². The van der Waals surface area contributed by atoms with E-state index in [1.807, 2.05) is 29.8 Å². The number of nitrogens with zero attached hydrogens (tertiary/aromatic N) is 4. The Hall–Kier alpha value is -3.26. The Morgan fingerprint density at radius 1 is 1.14 bits per heavy atom. The van der Waals surface area contributed by atoms with Gasteiger partial charge in [0.25, 0.3) is 15.9 Å². The van der Waals surface area contributed by atoms with E-state index in [1.165, 1.54) is 11.6 Å². The van der Waals surface area contributed by atoms with Crippen LogP contribution in [0.25, 0.3) is 0 Å². The number of amides is 1. The summed E-state index contributed by atoms with van der Waals surface area (Å²) in [5.74, 6) is -0.145. The van der Waals surface area contributed by atoms with Crippen LogP contribution in [0.5, 0.6) is 0 Å². The van der Waals surface area contributed by atoms with Crippen LogP contribution in [-0.4, -0.2) is 41.9 Å². The first-order valence-electron chi connectivity index (χ1n) is 9.19. The number of carbonyl (C=O) groups excluding carboxylic acids is 1. The summed E-state index contributed by atoms with van der Waals surface area (Å²) in [7, 11) is -3.42. The number of sulfonamides is 1. The van der Waals surface area contributed by atoms with E-state index in [0.29, 0.717) is 23.4 Å².